The quantitative estimate of drug-likeness (QED) is 0.530. The smallest absolute Gasteiger partial charge is 0.123 e. The molecule has 6 nitrogen and oxygen atoms in total. The third kappa shape index (κ3) is 4.50. The van der Waals surface area contributed by atoms with Gasteiger partial charge >= 0.3 is 0 Å². The molecule has 100 valence electrons. The van der Waals surface area contributed by atoms with Gasteiger partial charge in [-0.05, 0) is 18.9 Å². The van der Waals surface area contributed by atoms with E-state index in [1.165, 1.54) is 12.4 Å². The van der Waals surface area contributed by atoms with Crippen molar-refractivity contribution in [3.8, 4) is 0 Å². The van der Waals surface area contributed by atoms with E-state index < -0.39 is 12.2 Å². The van der Waals surface area contributed by atoms with Gasteiger partial charge in [-0.3, -0.25) is 9.97 Å². The van der Waals surface area contributed by atoms with Crippen LogP contribution in [-0.2, 0) is 0 Å². The maximum Gasteiger partial charge on any atom is 0.123 e. The molecular formula is C12H18N2O4. The minimum Gasteiger partial charge on any atom is -0.396 e. The molecule has 0 saturated carbocycles. The summed E-state index contributed by atoms with van der Waals surface area (Å²) in [6, 6.07) is 0. The number of hydrogen-bond donors (Lipinski definition) is 4. The maximum absolute atomic E-state index is 9.71. The van der Waals surface area contributed by atoms with Crippen LogP contribution in [0.25, 0.3) is 6.08 Å². The molecule has 1 heterocycles. The van der Waals surface area contributed by atoms with Crippen LogP contribution in [0.1, 0.15) is 30.3 Å². The average molecular weight is 254 g/mol. The van der Waals surface area contributed by atoms with Crippen LogP contribution in [-0.4, -0.2) is 49.7 Å². The zero-order valence-electron chi connectivity index (χ0n) is 9.98. The SMILES string of the molecule is OCC/C=C/c1cnc(C(O)C(O)CCO)cn1. The zero-order valence-corrected chi connectivity index (χ0v) is 9.98. The molecule has 0 aliphatic rings. The van der Waals surface area contributed by atoms with Crippen molar-refractivity contribution < 1.29 is 20.4 Å². The second-order valence-corrected chi connectivity index (χ2v) is 3.81. The fourth-order valence-corrected chi connectivity index (χ4v) is 1.35. The van der Waals surface area contributed by atoms with E-state index in [0.29, 0.717) is 12.1 Å². The van der Waals surface area contributed by atoms with Crippen LogP contribution in [0.2, 0.25) is 0 Å². The summed E-state index contributed by atoms with van der Waals surface area (Å²) >= 11 is 0. The minimum absolute atomic E-state index is 0.0775. The maximum atomic E-state index is 9.71. The molecule has 6 heteroatoms. The van der Waals surface area contributed by atoms with E-state index in [4.69, 9.17) is 10.2 Å². The summed E-state index contributed by atoms with van der Waals surface area (Å²) in [5.41, 5.74) is 0.867. The molecule has 4 N–H and O–H groups in total. The number of nitrogens with zero attached hydrogens (tertiary/aromatic N) is 2. The monoisotopic (exact) mass is 254 g/mol. The first-order chi connectivity index (χ1) is 8.69. The van der Waals surface area contributed by atoms with Gasteiger partial charge in [0.15, 0.2) is 0 Å². The molecule has 0 spiro atoms. The van der Waals surface area contributed by atoms with E-state index in [2.05, 4.69) is 9.97 Å². The Kier molecular flexibility index (Phi) is 6.45. The minimum atomic E-state index is -1.15. The summed E-state index contributed by atoms with van der Waals surface area (Å²) in [5.74, 6) is 0. The van der Waals surface area contributed by atoms with E-state index in [-0.39, 0.29) is 25.3 Å². The highest BCUT2D eigenvalue weighted by atomic mass is 16.3. The van der Waals surface area contributed by atoms with Gasteiger partial charge < -0.3 is 20.4 Å². The fourth-order valence-electron chi connectivity index (χ4n) is 1.35. The molecule has 0 aliphatic carbocycles. The summed E-state index contributed by atoms with van der Waals surface area (Å²) in [7, 11) is 0. The Bertz CT molecular complexity index is 367. The number of aliphatic hydroxyl groups excluding tert-OH is 4. The second-order valence-electron chi connectivity index (χ2n) is 3.81. The van der Waals surface area contributed by atoms with Crippen LogP contribution >= 0.6 is 0 Å². The van der Waals surface area contributed by atoms with Gasteiger partial charge in [0.1, 0.15) is 6.10 Å². The lowest BCUT2D eigenvalue weighted by Gasteiger charge is -2.15. The first kappa shape index (κ1) is 14.7. The van der Waals surface area contributed by atoms with Gasteiger partial charge in [0.05, 0.1) is 29.9 Å². The molecular weight excluding hydrogens is 236 g/mol. The lowest BCUT2D eigenvalue weighted by Crippen LogP contribution is -2.20. The molecule has 0 saturated heterocycles. The van der Waals surface area contributed by atoms with Crippen LogP contribution in [0, 0.1) is 0 Å². The highest BCUT2D eigenvalue weighted by Crippen LogP contribution is 2.15. The van der Waals surface area contributed by atoms with E-state index in [1.54, 1.807) is 12.2 Å². The molecule has 0 bridgehead atoms. The Morgan fingerprint density at radius 1 is 1.11 bits per heavy atom. The number of aliphatic hydroxyl groups is 4. The molecule has 2 atom stereocenters. The van der Waals surface area contributed by atoms with Gasteiger partial charge in [0, 0.05) is 13.2 Å². The second kappa shape index (κ2) is 7.88. The Hall–Kier alpha value is -1.34. The largest absolute Gasteiger partial charge is 0.396 e. The summed E-state index contributed by atoms with van der Waals surface area (Å²) in [6.45, 7) is -0.123. The summed E-state index contributed by atoms with van der Waals surface area (Å²) < 4.78 is 0. The third-order valence-corrected chi connectivity index (χ3v) is 2.37. The van der Waals surface area contributed by atoms with Crippen molar-refractivity contribution in [2.24, 2.45) is 0 Å². The molecule has 0 fully saturated rings. The van der Waals surface area contributed by atoms with Crippen LogP contribution in [0.3, 0.4) is 0 Å². The van der Waals surface area contributed by atoms with Crippen LogP contribution in [0.5, 0.6) is 0 Å². The van der Waals surface area contributed by atoms with E-state index in [1.807, 2.05) is 0 Å². The molecule has 1 aromatic rings. The molecule has 2 unspecified atom stereocenters. The highest BCUT2D eigenvalue weighted by Gasteiger charge is 2.19. The van der Waals surface area contributed by atoms with Crippen molar-refractivity contribution in [2.75, 3.05) is 13.2 Å². The van der Waals surface area contributed by atoms with Gasteiger partial charge in [-0.15, -0.1) is 0 Å². The number of aromatic nitrogens is 2. The van der Waals surface area contributed by atoms with E-state index >= 15 is 0 Å². The van der Waals surface area contributed by atoms with E-state index in [0.717, 1.165) is 0 Å². The van der Waals surface area contributed by atoms with Crippen molar-refractivity contribution >= 4 is 6.08 Å². The molecule has 1 aromatic heterocycles. The molecule has 18 heavy (non-hydrogen) atoms. The molecule has 0 radical (unpaired) electrons. The molecule has 0 amide bonds. The van der Waals surface area contributed by atoms with Crippen molar-refractivity contribution in [3.05, 3.63) is 29.9 Å². The highest BCUT2D eigenvalue weighted by molar-refractivity contribution is 5.42. The standard InChI is InChI=1S/C12H18N2O4/c15-5-2-1-3-9-7-14-10(8-13-9)12(18)11(17)4-6-16/h1,3,7-8,11-12,15-18H,2,4-6H2/b3-1+. The van der Waals surface area contributed by atoms with Crippen molar-refractivity contribution in [1.29, 1.82) is 0 Å². The van der Waals surface area contributed by atoms with Crippen LogP contribution in [0.4, 0.5) is 0 Å². The van der Waals surface area contributed by atoms with Gasteiger partial charge in [-0.2, -0.15) is 0 Å². The molecule has 1 rings (SSSR count). The number of hydrogen-bond acceptors (Lipinski definition) is 6. The zero-order chi connectivity index (χ0) is 13.4. The topological polar surface area (TPSA) is 107 Å². The Balaban J connectivity index is 2.64. The lowest BCUT2D eigenvalue weighted by molar-refractivity contribution is 0.00171. The Labute approximate surface area is 105 Å². The first-order valence-electron chi connectivity index (χ1n) is 5.75. The van der Waals surface area contributed by atoms with Gasteiger partial charge in [0.2, 0.25) is 0 Å². The summed E-state index contributed by atoms with van der Waals surface area (Å²) in [5, 5.41) is 36.5. The van der Waals surface area contributed by atoms with Crippen LogP contribution < -0.4 is 0 Å². The fraction of sp³-hybridized carbons (Fsp3) is 0.500. The molecule has 0 aromatic carbocycles. The number of rotatable bonds is 7. The first-order valence-corrected chi connectivity index (χ1v) is 5.75. The van der Waals surface area contributed by atoms with Crippen molar-refractivity contribution in [1.82, 2.24) is 9.97 Å². The lowest BCUT2D eigenvalue weighted by atomic mass is 10.1. The van der Waals surface area contributed by atoms with Crippen LogP contribution in [0.15, 0.2) is 18.5 Å². The van der Waals surface area contributed by atoms with Gasteiger partial charge in [-0.25, -0.2) is 0 Å². The molecule has 0 aliphatic heterocycles. The van der Waals surface area contributed by atoms with E-state index in [9.17, 15) is 10.2 Å². The predicted molar refractivity (Wildman–Crippen MR) is 65.4 cm³/mol. The third-order valence-electron chi connectivity index (χ3n) is 2.37. The van der Waals surface area contributed by atoms with Gasteiger partial charge in [0.25, 0.3) is 0 Å². The van der Waals surface area contributed by atoms with Gasteiger partial charge in [-0.1, -0.05) is 6.08 Å². The predicted octanol–water partition coefficient (Wildman–Crippen LogP) is -0.351. The Morgan fingerprint density at radius 2 is 1.89 bits per heavy atom. The summed E-state index contributed by atoms with van der Waals surface area (Å²) in [4.78, 5) is 8.04. The summed E-state index contributed by atoms with van der Waals surface area (Å²) in [6.07, 6.45) is 4.74. The average Bonchev–Trinajstić information content (AvgIpc) is 2.39. The van der Waals surface area contributed by atoms with Crippen molar-refractivity contribution in [3.63, 3.8) is 0 Å². The normalized spacial score (nSPS) is 14.9. The van der Waals surface area contributed by atoms with Crippen molar-refractivity contribution in [2.45, 2.75) is 25.0 Å². The Morgan fingerprint density at radius 3 is 2.44 bits per heavy atom.